The van der Waals surface area contributed by atoms with Gasteiger partial charge in [0.25, 0.3) is 5.91 Å². The molecule has 2 aliphatic rings. The molecule has 5 rings (SSSR count). The summed E-state index contributed by atoms with van der Waals surface area (Å²) in [6, 6.07) is 13.0. The molecule has 1 N–H and O–H groups in total. The Morgan fingerprint density at radius 3 is 2.53 bits per heavy atom. The Morgan fingerprint density at radius 2 is 1.91 bits per heavy atom. The third-order valence-electron chi connectivity index (χ3n) is 6.77. The highest BCUT2D eigenvalue weighted by Crippen LogP contribution is 2.44. The van der Waals surface area contributed by atoms with Crippen LogP contribution >= 0.6 is 23.2 Å². The van der Waals surface area contributed by atoms with Crippen LogP contribution in [-0.4, -0.2) is 21.7 Å². The average molecular weight is 495 g/mol. The zero-order chi connectivity index (χ0) is 24.0. The third kappa shape index (κ3) is 4.26. The number of hydrogen-bond acceptors (Lipinski definition) is 4. The normalized spacial score (nSPS) is 20.9. The predicted molar refractivity (Wildman–Crippen MR) is 131 cm³/mol. The Balaban J connectivity index is 1.58. The lowest BCUT2D eigenvalue weighted by molar-refractivity contribution is 0.0917. The number of hydrogen-bond donors (Lipinski definition) is 1. The number of aryl methyl sites for hydroxylation is 2. The van der Waals surface area contributed by atoms with Crippen LogP contribution in [0, 0.1) is 37.0 Å². The van der Waals surface area contributed by atoms with Crippen molar-refractivity contribution in [3.63, 3.8) is 0 Å². The molecule has 34 heavy (non-hydrogen) atoms. The number of carbonyl (C=O) groups is 1. The molecule has 3 unspecified atom stereocenters. The molecule has 6 nitrogen and oxygen atoms in total. The molecule has 0 saturated heterocycles. The van der Waals surface area contributed by atoms with Crippen LogP contribution in [-0.2, 0) is 0 Å². The molecule has 0 radical (unpaired) electrons. The van der Waals surface area contributed by atoms with Gasteiger partial charge in [0.1, 0.15) is 17.4 Å². The van der Waals surface area contributed by atoms with E-state index in [1.165, 1.54) is 11.1 Å². The molecule has 2 bridgehead atoms. The summed E-state index contributed by atoms with van der Waals surface area (Å²) in [6.07, 6.45) is 4.51. The molecule has 0 aliphatic heterocycles. The van der Waals surface area contributed by atoms with Gasteiger partial charge in [-0.1, -0.05) is 35.7 Å². The van der Waals surface area contributed by atoms with E-state index >= 15 is 0 Å². The van der Waals surface area contributed by atoms with Gasteiger partial charge in [0.05, 0.1) is 10.7 Å². The number of ether oxygens (including phenoxy) is 1. The van der Waals surface area contributed by atoms with Gasteiger partial charge in [-0.05, 0) is 86.4 Å². The summed E-state index contributed by atoms with van der Waals surface area (Å²) in [4.78, 5) is 13.3. The monoisotopic (exact) mass is 494 g/mol. The van der Waals surface area contributed by atoms with E-state index in [0.29, 0.717) is 33.3 Å². The van der Waals surface area contributed by atoms with Crippen molar-refractivity contribution in [1.29, 1.82) is 5.26 Å². The second-order valence-electron chi connectivity index (χ2n) is 9.33. The van der Waals surface area contributed by atoms with Crippen molar-refractivity contribution < 1.29 is 9.53 Å². The molecular formula is C26H24Cl2N4O2. The third-order valence-corrected chi connectivity index (χ3v) is 7.31. The number of fused-ring (bicyclic) bond motifs is 2. The molecule has 3 aromatic rings. The number of halogens is 2. The molecule has 3 atom stereocenters. The van der Waals surface area contributed by atoms with Crippen LogP contribution in [0.2, 0.25) is 10.0 Å². The lowest BCUT2D eigenvalue weighted by Crippen LogP contribution is -2.39. The van der Waals surface area contributed by atoms with Crippen molar-refractivity contribution in [2.75, 3.05) is 0 Å². The minimum Gasteiger partial charge on any atom is -0.438 e. The SMILES string of the molecule is Cc1cc(C)cc(Oc2c(C#N)c(C(=O)NC3CC4CCC3C4)nn2-c2ccc(Cl)cc2Cl)c1. The van der Waals surface area contributed by atoms with E-state index in [1.807, 2.05) is 32.0 Å². The van der Waals surface area contributed by atoms with Gasteiger partial charge in [0.2, 0.25) is 5.88 Å². The fourth-order valence-electron chi connectivity index (χ4n) is 5.33. The fraction of sp³-hybridized carbons (Fsp3) is 0.346. The van der Waals surface area contributed by atoms with Gasteiger partial charge in [-0.3, -0.25) is 4.79 Å². The van der Waals surface area contributed by atoms with Crippen LogP contribution in [0.1, 0.15) is 52.9 Å². The maximum Gasteiger partial charge on any atom is 0.273 e. The number of amides is 1. The van der Waals surface area contributed by atoms with E-state index in [2.05, 4.69) is 16.5 Å². The molecule has 2 aliphatic carbocycles. The Bertz CT molecular complexity index is 1310. The number of rotatable bonds is 5. The summed E-state index contributed by atoms with van der Waals surface area (Å²) < 4.78 is 7.60. The van der Waals surface area contributed by atoms with Crippen LogP contribution in [0.25, 0.3) is 5.69 Å². The first-order valence-corrected chi connectivity index (χ1v) is 12.1. The van der Waals surface area contributed by atoms with Crippen LogP contribution in [0.15, 0.2) is 36.4 Å². The number of aromatic nitrogens is 2. The van der Waals surface area contributed by atoms with Crippen molar-refractivity contribution in [3.8, 4) is 23.4 Å². The van der Waals surface area contributed by atoms with Gasteiger partial charge in [-0.25, -0.2) is 0 Å². The maximum absolute atomic E-state index is 13.3. The Kier molecular flexibility index (Phi) is 6.01. The molecule has 0 spiro atoms. The number of nitriles is 1. The highest BCUT2D eigenvalue weighted by molar-refractivity contribution is 6.35. The van der Waals surface area contributed by atoms with Gasteiger partial charge in [-0.2, -0.15) is 15.0 Å². The first kappa shape index (κ1) is 22.8. The summed E-state index contributed by atoms with van der Waals surface area (Å²) >= 11 is 12.6. The summed E-state index contributed by atoms with van der Waals surface area (Å²) in [6.45, 7) is 3.93. The van der Waals surface area contributed by atoms with Crippen molar-refractivity contribution in [1.82, 2.24) is 15.1 Å². The zero-order valence-electron chi connectivity index (χ0n) is 18.9. The Morgan fingerprint density at radius 1 is 1.15 bits per heavy atom. The summed E-state index contributed by atoms with van der Waals surface area (Å²) in [7, 11) is 0. The number of benzene rings is 2. The molecule has 8 heteroatoms. The predicted octanol–water partition coefficient (Wildman–Crippen LogP) is 6.38. The first-order valence-electron chi connectivity index (χ1n) is 11.4. The van der Waals surface area contributed by atoms with E-state index in [4.69, 9.17) is 27.9 Å². The van der Waals surface area contributed by atoms with E-state index < -0.39 is 0 Å². The first-order chi connectivity index (χ1) is 16.3. The molecule has 2 aromatic carbocycles. The summed E-state index contributed by atoms with van der Waals surface area (Å²) in [5, 5.41) is 18.5. The summed E-state index contributed by atoms with van der Waals surface area (Å²) in [5.74, 6) is 1.48. The van der Waals surface area contributed by atoms with Gasteiger partial charge < -0.3 is 10.1 Å². The minimum atomic E-state index is -0.372. The van der Waals surface area contributed by atoms with Crippen molar-refractivity contribution in [2.45, 2.75) is 45.6 Å². The topological polar surface area (TPSA) is 79.9 Å². The molecular weight excluding hydrogens is 471 g/mol. The lowest BCUT2D eigenvalue weighted by Gasteiger charge is -2.22. The minimum absolute atomic E-state index is 0.0238. The Hall–Kier alpha value is -3.01. The number of nitrogens with one attached hydrogen (secondary N) is 1. The average Bonchev–Trinajstić information content (AvgIpc) is 3.47. The summed E-state index contributed by atoms with van der Waals surface area (Å²) in [5.41, 5.74) is 2.57. The maximum atomic E-state index is 13.3. The number of carbonyl (C=O) groups excluding carboxylic acids is 1. The lowest BCUT2D eigenvalue weighted by atomic mass is 9.95. The van der Waals surface area contributed by atoms with Gasteiger partial charge in [-0.15, -0.1) is 0 Å². The van der Waals surface area contributed by atoms with Crippen LogP contribution in [0.5, 0.6) is 11.6 Å². The highest BCUT2D eigenvalue weighted by atomic mass is 35.5. The zero-order valence-corrected chi connectivity index (χ0v) is 20.5. The van der Waals surface area contributed by atoms with Gasteiger partial charge in [0.15, 0.2) is 5.69 Å². The van der Waals surface area contributed by atoms with Crippen molar-refractivity contribution in [3.05, 3.63) is 68.8 Å². The standard InChI is InChI=1S/C26H24Cl2N4O2/c1-14-7-15(2)9-19(8-14)34-26-20(13-29)24(25(33)30-22-11-16-3-4-17(22)10-16)31-32(26)23-6-5-18(27)12-21(23)28/h5-9,12,16-17,22H,3-4,10-11H2,1-2H3,(H,30,33). The largest absolute Gasteiger partial charge is 0.438 e. The smallest absolute Gasteiger partial charge is 0.273 e. The highest BCUT2D eigenvalue weighted by Gasteiger charge is 2.41. The van der Waals surface area contributed by atoms with Gasteiger partial charge in [0, 0.05) is 11.1 Å². The van der Waals surface area contributed by atoms with Crippen LogP contribution in [0.3, 0.4) is 0 Å². The molecule has 2 saturated carbocycles. The molecule has 1 heterocycles. The van der Waals surface area contributed by atoms with Crippen LogP contribution < -0.4 is 10.1 Å². The van der Waals surface area contributed by atoms with E-state index in [0.717, 1.165) is 30.4 Å². The Labute approximate surface area is 208 Å². The number of nitrogens with zero attached hydrogens (tertiary/aromatic N) is 3. The molecule has 1 amide bonds. The quantitative estimate of drug-likeness (QED) is 0.446. The van der Waals surface area contributed by atoms with E-state index in [1.54, 1.807) is 18.2 Å². The van der Waals surface area contributed by atoms with Crippen molar-refractivity contribution in [2.24, 2.45) is 11.8 Å². The van der Waals surface area contributed by atoms with Crippen LogP contribution in [0.4, 0.5) is 0 Å². The second-order valence-corrected chi connectivity index (χ2v) is 10.2. The molecule has 2 fully saturated rings. The van der Waals surface area contributed by atoms with E-state index in [9.17, 15) is 10.1 Å². The fourth-order valence-corrected chi connectivity index (χ4v) is 5.82. The second kappa shape index (κ2) is 8.98. The van der Waals surface area contributed by atoms with Crippen molar-refractivity contribution >= 4 is 29.1 Å². The van der Waals surface area contributed by atoms with E-state index in [-0.39, 0.29) is 29.1 Å². The molecule has 174 valence electrons. The van der Waals surface area contributed by atoms with Gasteiger partial charge >= 0.3 is 0 Å². The molecule has 1 aromatic heterocycles.